The fraction of sp³-hybridized carbons (Fsp3) is 0.143. The predicted molar refractivity (Wildman–Crippen MR) is 87.2 cm³/mol. The summed E-state index contributed by atoms with van der Waals surface area (Å²) in [7, 11) is 0. The van der Waals surface area contributed by atoms with Crippen molar-refractivity contribution in [3.63, 3.8) is 0 Å². The lowest BCUT2D eigenvalue weighted by Crippen LogP contribution is -1.81. The van der Waals surface area contributed by atoms with E-state index in [4.69, 9.17) is 0 Å². The zero-order valence-electron chi connectivity index (χ0n) is 11.5. The van der Waals surface area contributed by atoms with Crippen LogP contribution >= 0.6 is 28.5 Å². The Morgan fingerprint density at radius 2 is 1.24 bits per heavy atom. The van der Waals surface area contributed by atoms with E-state index in [0.29, 0.717) is 43.7 Å². The van der Waals surface area contributed by atoms with E-state index in [-0.39, 0.29) is 11.5 Å². The van der Waals surface area contributed by atoms with Crippen LogP contribution in [0.3, 0.4) is 0 Å². The van der Waals surface area contributed by atoms with Crippen molar-refractivity contribution in [3.05, 3.63) is 47.5 Å². The molecule has 0 heterocycles. The van der Waals surface area contributed by atoms with Crippen LogP contribution < -0.4 is 0 Å². The van der Waals surface area contributed by atoms with E-state index >= 15 is 0 Å². The number of hydrogen-bond acceptors (Lipinski definition) is 5. The van der Waals surface area contributed by atoms with Gasteiger partial charge in [-0.25, -0.2) is 0 Å². The van der Waals surface area contributed by atoms with Crippen LogP contribution in [0.2, 0.25) is 0 Å². The SMILES string of the molecule is Cc1cccc(SP(=O)(O)Sc2cccc(C)c2O)c1O. The van der Waals surface area contributed by atoms with Gasteiger partial charge in [0.1, 0.15) is 11.5 Å². The van der Waals surface area contributed by atoms with Crippen molar-refractivity contribution < 1.29 is 19.7 Å². The third-order valence-corrected chi connectivity index (χ3v) is 8.25. The maximum absolute atomic E-state index is 12.3. The maximum Gasteiger partial charge on any atom is 0.320 e. The third-order valence-electron chi connectivity index (χ3n) is 2.83. The van der Waals surface area contributed by atoms with E-state index in [1.54, 1.807) is 50.2 Å². The van der Waals surface area contributed by atoms with Crippen LogP contribution in [0.25, 0.3) is 0 Å². The molecular formula is C14H15O4PS2. The molecular weight excluding hydrogens is 327 g/mol. The number of benzene rings is 2. The molecule has 3 N–H and O–H groups in total. The molecule has 21 heavy (non-hydrogen) atoms. The Morgan fingerprint density at radius 3 is 1.62 bits per heavy atom. The number of phenols is 2. The lowest BCUT2D eigenvalue weighted by molar-refractivity contribution is 0.458. The summed E-state index contributed by atoms with van der Waals surface area (Å²) in [5.41, 5.74) is 1.28. The Hall–Kier alpha value is -1.07. The molecule has 0 aromatic heterocycles. The molecule has 2 aromatic rings. The summed E-state index contributed by atoms with van der Waals surface area (Å²) in [5, 5.41) is 19.8. The van der Waals surface area contributed by atoms with Gasteiger partial charge in [0.2, 0.25) is 0 Å². The van der Waals surface area contributed by atoms with Gasteiger partial charge in [-0.3, -0.25) is 4.57 Å². The van der Waals surface area contributed by atoms with Gasteiger partial charge in [-0.2, -0.15) is 0 Å². The van der Waals surface area contributed by atoms with Crippen LogP contribution in [0.4, 0.5) is 0 Å². The molecule has 0 amide bonds. The number of phenolic OH excluding ortho intramolecular Hbond substituents is 2. The molecule has 0 aliphatic rings. The van der Waals surface area contributed by atoms with E-state index in [9.17, 15) is 19.7 Å². The Kier molecular flexibility index (Phi) is 4.94. The quantitative estimate of drug-likeness (QED) is 0.699. The first kappa shape index (κ1) is 16.3. The summed E-state index contributed by atoms with van der Waals surface area (Å²) in [6, 6.07) is 10.1. The summed E-state index contributed by atoms with van der Waals surface area (Å²) in [5.74, 6) is -3.71. The fourth-order valence-electron chi connectivity index (χ4n) is 1.68. The van der Waals surface area contributed by atoms with Gasteiger partial charge >= 0.3 is 5.77 Å². The summed E-state index contributed by atoms with van der Waals surface area (Å²) < 4.78 is 12.3. The highest BCUT2D eigenvalue weighted by atomic mass is 33.1. The van der Waals surface area contributed by atoms with Gasteiger partial charge in [-0.05, 0) is 59.9 Å². The van der Waals surface area contributed by atoms with E-state index in [1.165, 1.54) is 0 Å². The zero-order valence-corrected chi connectivity index (χ0v) is 14.0. The van der Waals surface area contributed by atoms with Gasteiger partial charge in [0, 0.05) is 0 Å². The minimum absolute atomic E-state index is 0.00541. The highest BCUT2D eigenvalue weighted by Gasteiger charge is 2.26. The molecule has 4 nitrogen and oxygen atoms in total. The fourth-order valence-corrected chi connectivity index (χ4v) is 7.25. The second kappa shape index (κ2) is 6.36. The van der Waals surface area contributed by atoms with Gasteiger partial charge < -0.3 is 15.1 Å². The first-order valence-corrected chi connectivity index (χ1v) is 10.6. The summed E-state index contributed by atoms with van der Waals surface area (Å²) in [6.45, 7) is 3.45. The van der Waals surface area contributed by atoms with Crippen LogP contribution in [0.1, 0.15) is 11.1 Å². The van der Waals surface area contributed by atoms with Crippen molar-refractivity contribution in [2.75, 3.05) is 0 Å². The molecule has 7 heteroatoms. The minimum Gasteiger partial charge on any atom is -0.506 e. The summed E-state index contributed by atoms with van der Waals surface area (Å²) >= 11 is 1.42. The number of aromatic hydroxyl groups is 2. The van der Waals surface area contributed by atoms with Crippen LogP contribution in [-0.4, -0.2) is 15.1 Å². The molecule has 0 aliphatic heterocycles. The first-order chi connectivity index (χ1) is 9.80. The molecule has 0 unspecified atom stereocenters. The van der Waals surface area contributed by atoms with Gasteiger partial charge in [0.25, 0.3) is 0 Å². The molecule has 0 spiro atoms. The molecule has 0 aliphatic carbocycles. The van der Waals surface area contributed by atoms with Crippen molar-refractivity contribution in [3.8, 4) is 11.5 Å². The molecule has 0 saturated carbocycles. The Bertz CT molecular complexity index is 661. The molecule has 0 fully saturated rings. The van der Waals surface area contributed by atoms with E-state index < -0.39 is 5.77 Å². The molecule has 0 bridgehead atoms. The second-order valence-corrected chi connectivity index (χ2v) is 11.4. The Balaban J connectivity index is 2.25. The lowest BCUT2D eigenvalue weighted by Gasteiger charge is -2.13. The van der Waals surface area contributed by atoms with Crippen molar-refractivity contribution in [2.24, 2.45) is 0 Å². The average Bonchev–Trinajstić information content (AvgIpc) is 2.40. The van der Waals surface area contributed by atoms with Gasteiger partial charge in [0.05, 0.1) is 9.79 Å². The number of hydrogen-bond donors (Lipinski definition) is 3. The average molecular weight is 342 g/mol. The largest absolute Gasteiger partial charge is 0.506 e. The second-order valence-electron chi connectivity index (χ2n) is 4.49. The molecule has 2 rings (SSSR count). The minimum atomic E-state index is -3.72. The highest BCUT2D eigenvalue weighted by molar-refractivity contribution is 8.89. The van der Waals surface area contributed by atoms with Crippen molar-refractivity contribution >= 4 is 28.5 Å². The van der Waals surface area contributed by atoms with Gasteiger partial charge in [0.15, 0.2) is 0 Å². The zero-order chi connectivity index (χ0) is 15.6. The molecule has 112 valence electrons. The Morgan fingerprint density at radius 1 is 0.857 bits per heavy atom. The topological polar surface area (TPSA) is 77.8 Å². The molecule has 0 atom stereocenters. The van der Waals surface area contributed by atoms with Crippen molar-refractivity contribution in [1.29, 1.82) is 0 Å². The van der Waals surface area contributed by atoms with Gasteiger partial charge in [-0.15, -0.1) is 0 Å². The monoisotopic (exact) mass is 342 g/mol. The van der Waals surface area contributed by atoms with E-state index in [0.717, 1.165) is 0 Å². The smallest absolute Gasteiger partial charge is 0.320 e. The van der Waals surface area contributed by atoms with Crippen LogP contribution in [0.15, 0.2) is 46.2 Å². The lowest BCUT2D eigenvalue weighted by atomic mass is 10.2. The molecule has 0 saturated heterocycles. The first-order valence-electron chi connectivity index (χ1n) is 6.09. The van der Waals surface area contributed by atoms with Crippen LogP contribution in [0.5, 0.6) is 11.5 Å². The van der Waals surface area contributed by atoms with E-state index in [2.05, 4.69) is 0 Å². The Labute approximate surface area is 131 Å². The molecule has 2 aromatic carbocycles. The van der Waals surface area contributed by atoms with Crippen LogP contribution in [-0.2, 0) is 4.57 Å². The number of aryl methyl sites for hydroxylation is 2. The van der Waals surface area contributed by atoms with Crippen LogP contribution in [0, 0.1) is 13.8 Å². The number of para-hydroxylation sites is 2. The van der Waals surface area contributed by atoms with Crippen molar-refractivity contribution in [1.82, 2.24) is 0 Å². The predicted octanol–water partition coefficient (Wildman–Crippen LogP) is 4.70. The number of rotatable bonds is 4. The maximum atomic E-state index is 12.3. The highest BCUT2D eigenvalue weighted by Crippen LogP contribution is 2.72. The summed E-state index contributed by atoms with van der Waals surface area (Å²) in [4.78, 5) is 10.8. The van der Waals surface area contributed by atoms with Gasteiger partial charge in [-0.1, -0.05) is 24.3 Å². The summed E-state index contributed by atoms with van der Waals surface area (Å²) in [6.07, 6.45) is 0. The third kappa shape index (κ3) is 3.98. The molecule has 0 radical (unpaired) electrons. The normalized spacial score (nSPS) is 11.6. The van der Waals surface area contributed by atoms with Crippen molar-refractivity contribution in [2.45, 2.75) is 23.6 Å². The van der Waals surface area contributed by atoms with E-state index in [1.807, 2.05) is 0 Å². The standard InChI is InChI=1S/C14H15O4PS2/c1-9-5-3-7-11(13(9)15)20-19(17,18)21-12-8-4-6-10(2)14(12)16/h3-8,15-16H,1-2H3,(H,17,18).